The van der Waals surface area contributed by atoms with Crippen LogP contribution in [0.2, 0.25) is 0 Å². The van der Waals surface area contributed by atoms with E-state index in [4.69, 9.17) is 4.42 Å². The van der Waals surface area contributed by atoms with Gasteiger partial charge in [0.2, 0.25) is 0 Å². The van der Waals surface area contributed by atoms with E-state index in [0.717, 1.165) is 41.7 Å². The van der Waals surface area contributed by atoms with Gasteiger partial charge in [0.05, 0.1) is 16.8 Å². The topological polar surface area (TPSA) is 74.6 Å². The Balaban J connectivity index is 1.70. The van der Waals surface area contributed by atoms with Crippen molar-refractivity contribution in [2.24, 2.45) is 0 Å². The highest BCUT2D eigenvalue weighted by Gasteiger charge is 2.23. The second kappa shape index (κ2) is 7.58. The van der Waals surface area contributed by atoms with Crippen LogP contribution in [-0.4, -0.2) is 39.0 Å². The van der Waals surface area contributed by atoms with Crippen LogP contribution in [0, 0.1) is 6.92 Å². The van der Waals surface area contributed by atoms with Crippen molar-refractivity contribution in [1.82, 2.24) is 10.2 Å². The molecule has 1 atom stereocenters. The lowest BCUT2D eigenvalue weighted by atomic mass is 10.1. The molecule has 0 amide bonds. The molecular formula is C21H25N3O3S. The average Bonchev–Trinajstić information content (AvgIpc) is 3.14. The van der Waals surface area contributed by atoms with Gasteiger partial charge in [0.1, 0.15) is 5.58 Å². The minimum Gasteiger partial charge on any atom is -0.464 e. The Morgan fingerprint density at radius 1 is 1.25 bits per heavy atom. The molecule has 6 nitrogen and oxygen atoms in total. The molecule has 4 rings (SSSR count). The standard InChI is InChI=1S/C21H25N3O3S/c1-15-5-3-4-6-20(15)23-28(25,26)19-11-17-7-10-27-21(17)18(12-19)14-24-9-8-22-13-16(24)2/h3-7,10-12,16,22-23H,8-9,13-14H2,1-2H3. The average molecular weight is 400 g/mol. The first-order chi connectivity index (χ1) is 13.4. The molecule has 2 N–H and O–H groups in total. The first kappa shape index (κ1) is 19.0. The van der Waals surface area contributed by atoms with Crippen molar-refractivity contribution in [2.45, 2.75) is 31.3 Å². The van der Waals surface area contributed by atoms with Gasteiger partial charge in [-0.05, 0) is 43.7 Å². The molecule has 28 heavy (non-hydrogen) atoms. The maximum atomic E-state index is 13.1. The van der Waals surface area contributed by atoms with Gasteiger partial charge in [-0.25, -0.2) is 8.42 Å². The van der Waals surface area contributed by atoms with Crippen LogP contribution in [0.15, 0.2) is 58.0 Å². The molecule has 3 aromatic rings. The summed E-state index contributed by atoms with van der Waals surface area (Å²) in [4.78, 5) is 2.60. The van der Waals surface area contributed by atoms with Gasteiger partial charge >= 0.3 is 0 Å². The largest absolute Gasteiger partial charge is 0.464 e. The summed E-state index contributed by atoms with van der Waals surface area (Å²) in [7, 11) is -3.70. The van der Waals surface area contributed by atoms with Crippen LogP contribution >= 0.6 is 0 Å². The Morgan fingerprint density at radius 3 is 2.86 bits per heavy atom. The fourth-order valence-corrected chi connectivity index (χ4v) is 4.84. The molecule has 1 unspecified atom stereocenters. The van der Waals surface area contributed by atoms with Crippen molar-refractivity contribution in [2.75, 3.05) is 24.4 Å². The maximum absolute atomic E-state index is 13.1. The predicted octanol–water partition coefficient (Wildman–Crippen LogP) is 3.34. The van der Waals surface area contributed by atoms with Crippen LogP contribution in [0.4, 0.5) is 5.69 Å². The maximum Gasteiger partial charge on any atom is 0.261 e. The number of hydrogen-bond acceptors (Lipinski definition) is 5. The molecule has 2 aromatic carbocycles. The monoisotopic (exact) mass is 399 g/mol. The number of nitrogens with one attached hydrogen (secondary N) is 2. The molecular weight excluding hydrogens is 374 g/mol. The van der Waals surface area contributed by atoms with E-state index in [2.05, 4.69) is 21.9 Å². The summed E-state index contributed by atoms with van der Waals surface area (Å²) in [5, 5.41) is 4.18. The molecule has 0 bridgehead atoms. The van der Waals surface area contributed by atoms with Gasteiger partial charge in [-0.3, -0.25) is 9.62 Å². The minimum atomic E-state index is -3.70. The number of rotatable bonds is 5. The van der Waals surface area contributed by atoms with Gasteiger partial charge in [0.25, 0.3) is 10.0 Å². The molecule has 1 aliphatic heterocycles. The van der Waals surface area contributed by atoms with E-state index in [-0.39, 0.29) is 4.90 Å². The lowest BCUT2D eigenvalue weighted by molar-refractivity contribution is 0.165. The summed E-state index contributed by atoms with van der Waals surface area (Å²) in [5.41, 5.74) is 3.11. The van der Waals surface area contributed by atoms with E-state index < -0.39 is 10.0 Å². The number of benzene rings is 2. The summed E-state index contributed by atoms with van der Waals surface area (Å²) >= 11 is 0. The lowest BCUT2D eigenvalue weighted by Crippen LogP contribution is -2.49. The second-order valence-corrected chi connectivity index (χ2v) is 9.05. The number of sulfonamides is 1. The van der Waals surface area contributed by atoms with Gasteiger partial charge < -0.3 is 9.73 Å². The number of para-hydroxylation sites is 1. The summed E-state index contributed by atoms with van der Waals surface area (Å²) in [6, 6.07) is 13.0. The van der Waals surface area contributed by atoms with Gasteiger partial charge in [-0.1, -0.05) is 18.2 Å². The summed E-state index contributed by atoms with van der Waals surface area (Å²) in [6.45, 7) is 7.48. The van der Waals surface area contributed by atoms with Gasteiger partial charge in [0, 0.05) is 43.2 Å². The van der Waals surface area contributed by atoms with Crippen LogP contribution in [-0.2, 0) is 16.6 Å². The Bertz CT molecular complexity index is 1090. The van der Waals surface area contributed by atoms with Crippen molar-refractivity contribution in [3.63, 3.8) is 0 Å². The van der Waals surface area contributed by atoms with E-state index >= 15 is 0 Å². The van der Waals surface area contributed by atoms with Crippen molar-refractivity contribution in [3.8, 4) is 0 Å². The number of aryl methyl sites for hydroxylation is 1. The van der Waals surface area contributed by atoms with Crippen molar-refractivity contribution in [1.29, 1.82) is 0 Å². The van der Waals surface area contributed by atoms with Gasteiger partial charge in [-0.2, -0.15) is 0 Å². The van der Waals surface area contributed by atoms with E-state index in [1.807, 2.05) is 31.2 Å². The number of piperazine rings is 1. The SMILES string of the molecule is Cc1ccccc1NS(=O)(=O)c1cc(CN2CCNCC2C)c2occc2c1. The quantitative estimate of drug-likeness (QED) is 0.688. The Labute approximate surface area is 165 Å². The Hall–Kier alpha value is -2.35. The van der Waals surface area contributed by atoms with Crippen LogP contribution < -0.4 is 10.0 Å². The normalized spacial score (nSPS) is 18.4. The number of hydrogen-bond donors (Lipinski definition) is 2. The molecule has 0 radical (unpaired) electrons. The first-order valence-electron chi connectivity index (χ1n) is 9.47. The Kier molecular flexibility index (Phi) is 5.14. The number of fused-ring (bicyclic) bond motifs is 1. The van der Waals surface area contributed by atoms with E-state index in [9.17, 15) is 8.42 Å². The molecule has 2 heterocycles. The zero-order valence-electron chi connectivity index (χ0n) is 16.1. The first-order valence-corrected chi connectivity index (χ1v) is 11.0. The summed E-state index contributed by atoms with van der Waals surface area (Å²) in [6.07, 6.45) is 1.61. The number of nitrogens with zero attached hydrogens (tertiary/aromatic N) is 1. The fourth-order valence-electron chi connectivity index (χ4n) is 3.63. The third-order valence-corrected chi connectivity index (χ3v) is 6.66. The molecule has 148 valence electrons. The van der Waals surface area contributed by atoms with E-state index in [1.165, 1.54) is 0 Å². The highest BCUT2D eigenvalue weighted by molar-refractivity contribution is 7.92. The minimum absolute atomic E-state index is 0.252. The van der Waals surface area contributed by atoms with E-state index in [0.29, 0.717) is 18.3 Å². The third kappa shape index (κ3) is 3.78. The van der Waals surface area contributed by atoms with Crippen molar-refractivity contribution in [3.05, 3.63) is 59.9 Å². The molecule has 1 saturated heterocycles. The van der Waals surface area contributed by atoms with Crippen LogP contribution in [0.5, 0.6) is 0 Å². The van der Waals surface area contributed by atoms with Crippen molar-refractivity contribution < 1.29 is 12.8 Å². The summed E-state index contributed by atoms with van der Waals surface area (Å²) < 4.78 is 34.5. The van der Waals surface area contributed by atoms with Gasteiger partial charge in [0.15, 0.2) is 0 Å². The van der Waals surface area contributed by atoms with Crippen molar-refractivity contribution >= 4 is 26.7 Å². The molecule has 0 saturated carbocycles. The van der Waals surface area contributed by atoms with E-state index in [1.54, 1.807) is 24.5 Å². The number of furan rings is 1. The predicted molar refractivity (Wildman–Crippen MR) is 111 cm³/mol. The van der Waals surface area contributed by atoms with Crippen LogP contribution in [0.3, 0.4) is 0 Å². The zero-order chi connectivity index (χ0) is 19.7. The molecule has 1 aliphatic rings. The fraction of sp³-hybridized carbons (Fsp3) is 0.333. The molecule has 0 spiro atoms. The third-order valence-electron chi connectivity index (χ3n) is 5.31. The highest BCUT2D eigenvalue weighted by Crippen LogP contribution is 2.28. The smallest absolute Gasteiger partial charge is 0.261 e. The van der Waals surface area contributed by atoms with Gasteiger partial charge in [-0.15, -0.1) is 0 Å². The lowest BCUT2D eigenvalue weighted by Gasteiger charge is -2.33. The zero-order valence-corrected chi connectivity index (χ0v) is 16.9. The highest BCUT2D eigenvalue weighted by atomic mass is 32.2. The van der Waals surface area contributed by atoms with Crippen LogP contribution in [0.25, 0.3) is 11.0 Å². The molecule has 7 heteroatoms. The van der Waals surface area contributed by atoms with Crippen LogP contribution in [0.1, 0.15) is 18.1 Å². The second-order valence-electron chi connectivity index (χ2n) is 7.37. The molecule has 0 aliphatic carbocycles. The number of anilines is 1. The molecule has 1 fully saturated rings. The molecule has 1 aromatic heterocycles. The Morgan fingerprint density at radius 2 is 2.07 bits per heavy atom. The summed E-state index contributed by atoms with van der Waals surface area (Å²) in [5.74, 6) is 0.